The van der Waals surface area contributed by atoms with Crippen molar-refractivity contribution in [1.29, 1.82) is 0 Å². The summed E-state index contributed by atoms with van der Waals surface area (Å²) < 4.78 is 68.1. The van der Waals surface area contributed by atoms with Crippen LogP contribution in [0.3, 0.4) is 0 Å². The maximum atomic E-state index is 13.1. The van der Waals surface area contributed by atoms with E-state index in [1.807, 2.05) is 0 Å². The highest BCUT2D eigenvalue weighted by molar-refractivity contribution is 7.47. The Bertz CT molecular complexity index is 1810. The average Bonchev–Trinajstić information content (AvgIpc) is 1.41. The van der Waals surface area contributed by atoms with Crippen molar-refractivity contribution in [3.8, 4) is 0 Å². The molecule has 0 heterocycles. The van der Waals surface area contributed by atoms with Crippen LogP contribution in [-0.4, -0.2) is 96.7 Å². The second-order valence-corrected chi connectivity index (χ2v) is 30.3. The first-order valence-corrected chi connectivity index (χ1v) is 42.8. The van der Waals surface area contributed by atoms with E-state index in [0.29, 0.717) is 25.7 Å². The van der Waals surface area contributed by atoms with Crippen LogP contribution in [0.25, 0.3) is 0 Å². The summed E-state index contributed by atoms with van der Waals surface area (Å²) in [7, 11) is -9.89. The van der Waals surface area contributed by atoms with Crippen LogP contribution in [-0.2, 0) is 65.4 Å². The van der Waals surface area contributed by atoms with Gasteiger partial charge < -0.3 is 33.8 Å². The van der Waals surface area contributed by atoms with Crippen molar-refractivity contribution in [3.63, 3.8) is 0 Å². The number of hydrogen-bond donors (Lipinski definition) is 3. The van der Waals surface area contributed by atoms with Gasteiger partial charge >= 0.3 is 39.5 Å². The van der Waals surface area contributed by atoms with E-state index in [1.165, 1.54) is 218 Å². The molecule has 0 rings (SSSR count). The zero-order valence-electron chi connectivity index (χ0n) is 61.6. The summed E-state index contributed by atoms with van der Waals surface area (Å²) in [5.74, 6) is -2.13. The maximum absolute atomic E-state index is 13.1. The summed E-state index contributed by atoms with van der Waals surface area (Å²) in [6.45, 7) is 4.83. The zero-order valence-corrected chi connectivity index (χ0v) is 63.4. The molecule has 95 heavy (non-hydrogen) atoms. The van der Waals surface area contributed by atoms with E-state index in [4.69, 9.17) is 37.0 Å². The van der Waals surface area contributed by atoms with Crippen LogP contribution in [0.2, 0.25) is 0 Å². The molecule has 0 aromatic carbocycles. The number of aliphatic hydroxyl groups is 1. The van der Waals surface area contributed by atoms with E-state index in [2.05, 4.69) is 27.7 Å². The molecule has 0 aliphatic rings. The lowest BCUT2D eigenvalue weighted by Crippen LogP contribution is -2.30. The van der Waals surface area contributed by atoms with Gasteiger partial charge in [0.2, 0.25) is 0 Å². The predicted octanol–water partition coefficient (Wildman–Crippen LogP) is 22.6. The molecule has 0 aliphatic carbocycles. The molecule has 0 fully saturated rings. The summed E-state index contributed by atoms with van der Waals surface area (Å²) in [5.41, 5.74) is 0. The lowest BCUT2D eigenvalue weighted by atomic mass is 10.0. The number of esters is 4. The molecule has 0 amide bonds. The standard InChI is InChI=1S/C76H148O17P2/c1-5-9-13-17-20-22-24-26-28-30-32-34-36-38-40-42-44-46-48-51-55-59-63-76(81)93-72(67-87-74(79)61-57-53-50-47-45-43-41-39-37-35-33-31-29-27-25-23-21-18-14-10-6-2)69-91-95(84,85)89-65-70(77)64-88-94(82,83)90-68-71(66-86-73(78)60-56-52-16-12-8-4)92-75(80)62-58-54-49-19-15-11-7-3/h70-72,77H,5-69H2,1-4H3,(H,82,83)(H,84,85)/t70-,71+,72+/m0/s1. The van der Waals surface area contributed by atoms with E-state index in [1.54, 1.807) is 0 Å². The van der Waals surface area contributed by atoms with Gasteiger partial charge in [-0.05, 0) is 25.7 Å². The Hall–Kier alpha value is -1.94. The van der Waals surface area contributed by atoms with Crippen LogP contribution in [0.5, 0.6) is 0 Å². The summed E-state index contributed by atoms with van der Waals surface area (Å²) in [4.78, 5) is 72.3. The highest BCUT2D eigenvalue weighted by Gasteiger charge is 2.30. The fourth-order valence-corrected chi connectivity index (χ4v) is 13.3. The molecule has 0 radical (unpaired) electrons. The first kappa shape index (κ1) is 93.1. The number of ether oxygens (including phenoxy) is 4. The number of carbonyl (C=O) groups is 4. The van der Waals surface area contributed by atoms with Crippen molar-refractivity contribution in [2.45, 2.75) is 425 Å². The van der Waals surface area contributed by atoms with Crippen LogP contribution in [0, 0.1) is 0 Å². The average molecular weight is 1400 g/mol. The third-order valence-corrected chi connectivity index (χ3v) is 19.8. The van der Waals surface area contributed by atoms with Crippen molar-refractivity contribution in [2.24, 2.45) is 0 Å². The summed E-state index contributed by atoms with van der Waals surface area (Å²) in [6, 6.07) is 0. The lowest BCUT2D eigenvalue weighted by molar-refractivity contribution is -0.161. The number of hydrogen-bond acceptors (Lipinski definition) is 15. The molecular formula is C76H148O17P2. The molecule has 0 aromatic heterocycles. The lowest BCUT2D eigenvalue weighted by Gasteiger charge is -2.21. The second kappa shape index (κ2) is 70.5. The predicted molar refractivity (Wildman–Crippen MR) is 386 cm³/mol. The van der Waals surface area contributed by atoms with E-state index >= 15 is 0 Å². The third-order valence-electron chi connectivity index (χ3n) is 17.9. The van der Waals surface area contributed by atoms with E-state index < -0.39 is 97.5 Å². The van der Waals surface area contributed by atoms with Gasteiger partial charge in [-0.15, -0.1) is 0 Å². The molecule has 19 heteroatoms. The number of carbonyl (C=O) groups excluding carboxylic acids is 4. The van der Waals surface area contributed by atoms with Gasteiger partial charge in [0.05, 0.1) is 26.4 Å². The molecule has 0 saturated carbocycles. The topological polar surface area (TPSA) is 237 Å². The fourth-order valence-electron chi connectivity index (χ4n) is 11.8. The van der Waals surface area contributed by atoms with Crippen LogP contribution < -0.4 is 0 Å². The van der Waals surface area contributed by atoms with Crippen LogP contribution in [0.4, 0.5) is 0 Å². The van der Waals surface area contributed by atoms with Crippen molar-refractivity contribution >= 4 is 39.5 Å². The van der Waals surface area contributed by atoms with E-state index in [-0.39, 0.29) is 25.7 Å². The van der Waals surface area contributed by atoms with Gasteiger partial charge in [0, 0.05) is 25.7 Å². The molecule has 0 spiro atoms. The highest BCUT2D eigenvalue weighted by atomic mass is 31.2. The Labute approximate surface area is 581 Å². The van der Waals surface area contributed by atoms with Crippen LogP contribution >= 0.6 is 15.6 Å². The third kappa shape index (κ3) is 70.3. The monoisotopic (exact) mass is 1400 g/mol. The second-order valence-electron chi connectivity index (χ2n) is 27.4. The molecule has 5 atom stereocenters. The molecule has 0 bridgehead atoms. The molecule has 0 saturated heterocycles. The minimum Gasteiger partial charge on any atom is -0.462 e. The van der Waals surface area contributed by atoms with E-state index in [0.717, 1.165) is 109 Å². The molecular weight excluding hydrogens is 1250 g/mol. The van der Waals surface area contributed by atoms with Gasteiger partial charge in [0.15, 0.2) is 12.2 Å². The first-order chi connectivity index (χ1) is 46.2. The summed E-state index contributed by atoms with van der Waals surface area (Å²) in [5, 5.41) is 10.6. The molecule has 2 unspecified atom stereocenters. The summed E-state index contributed by atoms with van der Waals surface area (Å²) >= 11 is 0. The number of phosphoric ester groups is 2. The van der Waals surface area contributed by atoms with Gasteiger partial charge in [-0.2, -0.15) is 0 Å². The quantitative estimate of drug-likeness (QED) is 0.0222. The first-order valence-electron chi connectivity index (χ1n) is 39.8. The van der Waals surface area contributed by atoms with Crippen molar-refractivity contribution in [2.75, 3.05) is 39.6 Å². The van der Waals surface area contributed by atoms with Crippen LogP contribution in [0.1, 0.15) is 407 Å². The number of rotatable bonds is 77. The van der Waals surface area contributed by atoms with E-state index in [9.17, 15) is 43.2 Å². The van der Waals surface area contributed by atoms with Crippen molar-refractivity contribution < 1.29 is 80.2 Å². The smallest absolute Gasteiger partial charge is 0.462 e. The Kier molecular flexibility index (Phi) is 69.1. The minimum atomic E-state index is -4.95. The molecule has 564 valence electrons. The largest absolute Gasteiger partial charge is 0.472 e. The van der Waals surface area contributed by atoms with Gasteiger partial charge in [-0.3, -0.25) is 37.3 Å². The van der Waals surface area contributed by atoms with Gasteiger partial charge in [0.1, 0.15) is 19.3 Å². The number of unbranched alkanes of at least 4 members (excludes halogenated alkanes) is 51. The SMILES string of the molecule is CCCCCCCCCCCCCCCCCCCCCCCCC(=O)O[C@H](COC(=O)CCCCCCCCCCCCCCCCCCCCCCC)COP(=O)(O)OC[C@@H](O)COP(=O)(O)OC[C@@H](COC(=O)CCCCCCC)OC(=O)CCCCCCCCC. The molecule has 0 aromatic rings. The van der Waals surface area contributed by atoms with Gasteiger partial charge in [-0.1, -0.05) is 355 Å². The number of phosphoric acid groups is 2. The van der Waals surface area contributed by atoms with Gasteiger partial charge in [-0.25, -0.2) is 9.13 Å². The zero-order chi connectivity index (χ0) is 69.7. The highest BCUT2D eigenvalue weighted by Crippen LogP contribution is 2.45. The molecule has 3 N–H and O–H groups in total. The van der Waals surface area contributed by atoms with Crippen molar-refractivity contribution in [1.82, 2.24) is 0 Å². The Balaban J connectivity index is 5.03. The maximum Gasteiger partial charge on any atom is 0.472 e. The Morgan fingerprint density at radius 2 is 0.421 bits per heavy atom. The summed E-state index contributed by atoms with van der Waals surface area (Å²) in [6.07, 6.45) is 62.1. The molecule has 17 nitrogen and oxygen atoms in total. The van der Waals surface area contributed by atoms with Crippen LogP contribution in [0.15, 0.2) is 0 Å². The molecule has 0 aliphatic heterocycles. The van der Waals surface area contributed by atoms with Crippen molar-refractivity contribution in [3.05, 3.63) is 0 Å². The fraction of sp³-hybridized carbons (Fsp3) is 0.947. The Morgan fingerprint density at radius 1 is 0.253 bits per heavy atom. The normalized spacial score (nSPS) is 13.9. The van der Waals surface area contributed by atoms with Gasteiger partial charge in [0.25, 0.3) is 0 Å². The Morgan fingerprint density at radius 3 is 0.621 bits per heavy atom. The number of aliphatic hydroxyl groups excluding tert-OH is 1. The minimum absolute atomic E-state index is 0.103.